The van der Waals surface area contributed by atoms with Gasteiger partial charge in [0.15, 0.2) is 0 Å². The number of aliphatic hydroxyl groups excluding tert-OH is 1. The largest absolute Gasteiger partial charge is 0.396 e. The smallest absolute Gasteiger partial charge is 0.0512 e. The van der Waals surface area contributed by atoms with E-state index in [0.29, 0.717) is 6.04 Å². The molecule has 0 unspecified atom stereocenters. The molecule has 10 heavy (non-hydrogen) atoms. The van der Waals surface area contributed by atoms with Crippen molar-refractivity contribution in [3.63, 3.8) is 0 Å². The first-order chi connectivity index (χ1) is 4.84. The van der Waals surface area contributed by atoms with Crippen LogP contribution in [0.15, 0.2) is 18.5 Å². The third-order valence-corrected chi connectivity index (χ3v) is 1.52. The number of aromatic nitrogens is 2. The van der Waals surface area contributed by atoms with E-state index in [-0.39, 0.29) is 6.61 Å². The highest BCUT2D eigenvalue weighted by molar-refractivity contribution is 4.80. The van der Waals surface area contributed by atoms with Gasteiger partial charge < -0.3 is 5.11 Å². The lowest BCUT2D eigenvalue weighted by molar-refractivity contribution is 0.257. The molecule has 56 valence electrons. The predicted octanol–water partition coefficient (Wildman–Crippen LogP) is 0.827. The van der Waals surface area contributed by atoms with Crippen LogP contribution in [0.5, 0.6) is 0 Å². The van der Waals surface area contributed by atoms with Gasteiger partial charge in [0.25, 0.3) is 0 Å². The van der Waals surface area contributed by atoms with Crippen LogP contribution in [0.1, 0.15) is 19.4 Å². The lowest BCUT2D eigenvalue weighted by atomic mass is 10.2. The van der Waals surface area contributed by atoms with Gasteiger partial charge in [-0.15, -0.1) is 0 Å². The van der Waals surface area contributed by atoms with Crippen molar-refractivity contribution in [3.8, 4) is 0 Å². The van der Waals surface area contributed by atoms with Crippen molar-refractivity contribution in [1.29, 1.82) is 0 Å². The summed E-state index contributed by atoms with van der Waals surface area (Å²) in [6, 6.07) is 2.19. The second-order valence-electron chi connectivity index (χ2n) is 2.35. The molecule has 0 aromatic carbocycles. The van der Waals surface area contributed by atoms with Gasteiger partial charge in [-0.3, -0.25) is 4.68 Å². The molecule has 0 amide bonds. The molecule has 3 heteroatoms. The summed E-state index contributed by atoms with van der Waals surface area (Å²) in [7, 11) is 0. The summed E-state index contributed by atoms with van der Waals surface area (Å²) in [6.07, 6.45) is 4.41. The number of hydrogen-bond donors (Lipinski definition) is 1. The van der Waals surface area contributed by atoms with E-state index in [1.54, 1.807) is 6.20 Å². The summed E-state index contributed by atoms with van der Waals surface area (Å²) in [5, 5.41) is 12.6. The zero-order valence-corrected chi connectivity index (χ0v) is 6.07. The third kappa shape index (κ3) is 1.57. The highest BCUT2D eigenvalue weighted by atomic mass is 16.3. The number of nitrogens with zero attached hydrogens (tertiary/aromatic N) is 2. The van der Waals surface area contributed by atoms with Crippen LogP contribution in [-0.4, -0.2) is 21.5 Å². The number of hydrogen-bond acceptors (Lipinski definition) is 2. The minimum Gasteiger partial charge on any atom is -0.396 e. The van der Waals surface area contributed by atoms with E-state index in [1.165, 1.54) is 0 Å². The Kier molecular flexibility index (Phi) is 2.45. The highest BCUT2D eigenvalue weighted by Gasteiger charge is 2.01. The van der Waals surface area contributed by atoms with Gasteiger partial charge in [-0.05, 0) is 19.4 Å². The van der Waals surface area contributed by atoms with Gasteiger partial charge in [0.2, 0.25) is 0 Å². The normalized spacial score (nSPS) is 13.4. The van der Waals surface area contributed by atoms with Crippen LogP contribution in [0.25, 0.3) is 0 Å². The second-order valence-corrected chi connectivity index (χ2v) is 2.35. The van der Waals surface area contributed by atoms with E-state index in [2.05, 4.69) is 5.10 Å². The number of rotatable bonds is 3. The molecule has 1 atom stereocenters. The van der Waals surface area contributed by atoms with Gasteiger partial charge in [0.05, 0.1) is 6.04 Å². The zero-order chi connectivity index (χ0) is 7.40. The first-order valence-corrected chi connectivity index (χ1v) is 3.44. The summed E-state index contributed by atoms with van der Waals surface area (Å²) in [5.41, 5.74) is 0. The van der Waals surface area contributed by atoms with E-state index in [1.807, 2.05) is 23.9 Å². The van der Waals surface area contributed by atoms with Crippen molar-refractivity contribution in [1.82, 2.24) is 9.78 Å². The Balaban J connectivity index is 2.50. The van der Waals surface area contributed by atoms with Crippen LogP contribution in [0.3, 0.4) is 0 Å². The van der Waals surface area contributed by atoms with Gasteiger partial charge in [-0.25, -0.2) is 0 Å². The first kappa shape index (κ1) is 7.28. The molecule has 1 N–H and O–H groups in total. The van der Waals surface area contributed by atoms with Crippen molar-refractivity contribution >= 4 is 0 Å². The number of aliphatic hydroxyl groups is 1. The van der Waals surface area contributed by atoms with Crippen LogP contribution in [-0.2, 0) is 0 Å². The summed E-state index contributed by atoms with van der Waals surface area (Å²) < 4.78 is 1.84. The molecule has 0 aliphatic rings. The highest BCUT2D eigenvalue weighted by Crippen LogP contribution is 2.06. The molecule has 0 saturated heterocycles. The van der Waals surface area contributed by atoms with Crippen LogP contribution >= 0.6 is 0 Å². The van der Waals surface area contributed by atoms with Crippen molar-refractivity contribution in [2.75, 3.05) is 6.61 Å². The molecule has 1 aromatic rings. The lowest BCUT2D eigenvalue weighted by Crippen LogP contribution is -2.06. The minimum atomic E-state index is 0.223. The fourth-order valence-electron chi connectivity index (χ4n) is 0.860. The third-order valence-electron chi connectivity index (χ3n) is 1.52. The molecular formula is C7H12N2O. The molecule has 0 aliphatic heterocycles. The molecule has 0 bridgehead atoms. The molecule has 1 heterocycles. The average molecular weight is 140 g/mol. The summed E-state index contributed by atoms with van der Waals surface area (Å²) >= 11 is 0. The van der Waals surface area contributed by atoms with E-state index < -0.39 is 0 Å². The maximum Gasteiger partial charge on any atom is 0.0512 e. The van der Waals surface area contributed by atoms with Crippen molar-refractivity contribution in [2.24, 2.45) is 0 Å². The molecule has 0 radical (unpaired) electrons. The van der Waals surface area contributed by atoms with E-state index in [9.17, 15) is 0 Å². The maximum absolute atomic E-state index is 8.59. The topological polar surface area (TPSA) is 38.0 Å². The van der Waals surface area contributed by atoms with Crippen molar-refractivity contribution in [3.05, 3.63) is 18.5 Å². The minimum absolute atomic E-state index is 0.223. The van der Waals surface area contributed by atoms with Gasteiger partial charge in [-0.2, -0.15) is 5.10 Å². The van der Waals surface area contributed by atoms with E-state index in [4.69, 9.17) is 5.11 Å². The molecule has 0 fully saturated rings. The fourth-order valence-corrected chi connectivity index (χ4v) is 0.860. The van der Waals surface area contributed by atoms with Gasteiger partial charge in [-0.1, -0.05) is 0 Å². The standard InChI is InChI=1S/C7H12N2O/c1-7(3-6-10)9-5-2-4-8-9/h2,4-5,7,10H,3,6H2,1H3/t7-/m1/s1. The molecule has 0 aliphatic carbocycles. The lowest BCUT2D eigenvalue weighted by Gasteiger charge is -2.08. The summed E-state index contributed by atoms with van der Waals surface area (Å²) in [6.45, 7) is 2.25. The molecule has 0 saturated carbocycles. The second kappa shape index (κ2) is 3.37. The quantitative estimate of drug-likeness (QED) is 0.675. The van der Waals surface area contributed by atoms with Crippen LogP contribution in [0.4, 0.5) is 0 Å². The Bertz CT molecular complexity index is 172. The molecule has 3 nitrogen and oxygen atoms in total. The van der Waals surface area contributed by atoms with Crippen molar-refractivity contribution in [2.45, 2.75) is 19.4 Å². The molecule has 1 aromatic heterocycles. The average Bonchev–Trinajstić information content (AvgIpc) is 2.38. The monoisotopic (exact) mass is 140 g/mol. The van der Waals surface area contributed by atoms with Gasteiger partial charge >= 0.3 is 0 Å². The summed E-state index contributed by atoms with van der Waals surface area (Å²) in [4.78, 5) is 0. The van der Waals surface area contributed by atoms with Gasteiger partial charge in [0.1, 0.15) is 0 Å². The van der Waals surface area contributed by atoms with Crippen LogP contribution in [0, 0.1) is 0 Å². The maximum atomic E-state index is 8.59. The van der Waals surface area contributed by atoms with Crippen LogP contribution < -0.4 is 0 Å². The SMILES string of the molecule is C[C@H](CCO)n1cccn1. The molecular weight excluding hydrogens is 128 g/mol. The molecule has 1 rings (SSSR count). The Morgan fingerprint density at radius 2 is 2.50 bits per heavy atom. The van der Waals surface area contributed by atoms with E-state index in [0.717, 1.165) is 6.42 Å². The Labute approximate surface area is 60.3 Å². The summed E-state index contributed by atoms with van der Waals surface area (Å²) in [5.74, 6) is 0. The van der Waals surface area contributed by atoms with E-state index >= 15 is 0 Å². The fraction of sp³-hybridized carbons (Fsp3) is 0.571. The van der Waals surface area contributed by atoms with Crippen molar-refractivity contribution < 1.29 is 5.11 Å². The predicted molar refractivity (Wildman–Crippen MR) is 38.6 cm³/mol. The Morgan fingerprint density at radius 3 is 3.00 bits per heavy atom. The Morgan fingerprint density at radius 1 is 1.70 bits per heavy atom. The van der Waals surface area contributed by atoms with Gasteiger partial charge in [0, 0.05) is 19.0 Å². The first-order valence-electron chi connectivity index (χ1n) is 3.44. The van der Waals surface area contributed by atoms with Crippen LogP contribution in [0.2, 0.25) is 0 Å². The zero-order valence-electron chi connectivity index (χ0n) is 6.07. The molecule has 0 spiro atoms. The Hall–Kier alpha value is -0.830.